The number of fused-ring (bicyclic) bond motifs is 1. The van der Waals surface area contributed by atoms with E-state index in [0.717, 1.165) is 23.9 Å². The number of halogens is 1. The van der Waals surface area contributed by atoms with Crippen LogP contribution in [0.15, 0.2) is 36.4 Å². The summed E-state index contributed by atoms with van der Waals surface area (Å²) in [7, 11) is 1.82. The lowest BCUT2D eigenvalue weighted by molar-refractivity contribution is -0.387. The molecule has 31 heavy (non-hydrogen) atoms. The van der Waals surface area contributed by atoms with Gasteiger partial charge in [-0.3, -0.25) is 19.7 Å². The van der Waals surface area contributed by atoms with Gasteiger partial charge < -0.3 is 20.3 Å². The Balaban J connectivity index is 1.69. The predicted octanol–water partition coefficient (Wildman–Crippen LogP) is 2.70. The highest BCUT2D eigenvalue weighted by atomic mass is 19.1. The molecule has 1 unspecified atom stereocenters. The van der Waals surface area contributed by atoms with Crippen molar-refractivity contribution in [3.05, 3.63) is 57.9 Å². The van der Waals surface area contributed by atoms with Crippen LogP contribution in [0, 0.1) is 15.9 Å². The van der Waals surface area contributed by atoms with Gasteiger partial charge in [-0.2, -0.15) is 4.39 Å². The van der Waals surface area contributed by atoms with Crippen molar-refractivity contribution in [2.24, 2.45) is 0 Å². The van der Waals surface area contributed by atoms with Crippen molar-refractivity contribution in [1.82, 2.24) is 0 Å². The van der Waals surface area contributed by atoms with Crippen molar-refractivity contribution in [2.75, 3.05) is 29.1 Å². The van der Waals surface area contributed by atoms with E-state index in [-0.39, 0.29) is 17.2 Å². The van der Waals surface area contributed by atoms with Gasteiger partial charge in [-0.1, -0.05) is 0 Å². The number of rotatable bonds is 5. The fraction of sp³-hybridized carbons (Fsp3) is 0.250. The van der Waals surface area contributed by atoms with Gasteiger partial charge in [0.2, 0.25) is 11.7 Å². The summed E-state index contributed by atoms with van der Waals surface area (Å²) in [6.45, 7) is 1.85. The van der Waals surface area contributed by atoms with Gasteiger partial charge in [-0.05, 0) is 37.3 Å². The smallest absolute Gasteiger partial charge is 0.338 e. The topological polar surface area (TPSA) is 131 Å². The van der Waals surface area contributed by atoms with Crippen LogP contribution in [0.25, 0.3) is 0 Å². The van der Waals surface area contributed by atoms with Gasteiger partial charge in [0.05, 0.1) is 21.9 Å². The van der Waals surface area contributed by atoms with Crippen LogP contribution in [0.5, 0.6) is 0 Å². The number of hydrogen-bond donors (Lipinski definition) is 2. The fourth-order valence-corrected chi connectivity index (χ4v) is 2.95. The molecule has 0 fully saturated rings. The summed E-state index contributed by atoms with van der Waals surface area (Å²) in [6, 6.07) is 7.52. The first kappa shape index (κ1) is 21.7. The zero-order valence-electron chi connectivity index (χ0n) is 16.7. The minimum atomic E-state index is -1.24. The molecular weight excluding hydrogens is 411 g/mol. The molecule has 2 aromatic rings. The second-order valence-electron chi connectivity index (χ2n) is 6.91. The van der Waals surface area contributed by atoms with E-state index in [0.29, 0.717) is 18.7 Å². The summed E-state index contributed by atoms with van der Waals surface area (Å²) in [4.78, 5) is 48.4. The third kappa shape index (κ3) is 4.94. The van der Waals surface area contributed by atoms with Gasteiger partial charge in [0, 0.05) is 31.8 Å². The van der Waals surface area contributed by atoms with Crippen molar-refractivity contribution in [2.45, 2.75) is 19.4 Å². The van der Waals surface area contributed by atoms with Crippen LogP contribution >= 0.6 is 0 Å². The van der Waals surface area contributed by atoms with E-state index in [1.54, 1.807) is 6.07 Å². The van der Waals surface area contributed by atoms with Crippen LogP contribution in [-0.2, 0) is 14.3 Å². The molecule has 10 nitrogen and oxygen atoms in total. The molecular formula is C20H19FN4O6. The first-order chi connectivity index (χ1) is 14.7. The number of carbonyl (C=O) groups is 3. The fourth-order valence-electron chi connectivity index (χ4n) is 2.95. The molecule has 2 amide bonds. The summed E-state index contributed by atoms with van der Waals surface area (Å²) < 4.78 is 18.6. The number of benzene rings is 2. The molecule has 1 aliphatic heterocycles. The Bertz CT molecular complexity index is 1070. The minimum absolute atomic E-state index is 0.0169. The van der Waals surface area contributed by atoms with Crippen LogP contribution in [0.1, 0.15) is 23.7 Å². The van der Waals surface area contributed by atoms with Gasteiger partial charge in [0.25, 0.3) is 5.91 Å². The molecule has 0 aromatic heterocycles. The van der Waals surface area contributed by atoms with Crippen LogP contribution in [0.2, 0.25) is 0 Å². The Morgan fingerprint density at radius 3 is 2.74 bits per heavy atom. The minimum Gasteiger partial charge on any atom is -0.449 e. The van der Waals surface area contributed by atoms with Gasteiger partial charge in [-0.15, -0.1) is 0 Å². The number of nitro benzene ring substituents is 1. The number of carbonyl (C=O) groups excluding carboxylic acids is 3. The number of esters is 1. The van der Waals surface area contributed by atoms with E-state index >= 15 is 0 Å². The first-order valence-corrected chi connectivity index (χ1v) is 9.26. The molecule has 1 heterocycles. The number of nitro groups is 1. The lowest BCUT2D eigenvalue weighted by atomic mass is 10.1. The van der Waals surface area contributed by atoms with E-state index in [1.165, 1.54) is 19.1 Å². The van der Waals surface area contributed by atoms with Crippen LogP contribution in [0.4, 0.5) is 27.1 Å². The van der Waals surface area contributed by atoms with Gasteiger partial charge in [0.15, 0.2) is 6.10 Å². The van der Waals surface area contributed by atoms with Crippen LogP contribution in [0.3, 0.4) is 0 Å². The maximum Gasteiger partial charge on any atom is 0.338 e. The Kier molecular flexibility index (Phi) is 6.14. The second kappa shape index (κ2) is 8.78. The first-order valence-electron chi connectivity index (χ1n) is 9.26. The molecule has 2 N–H and O–H groups in total. The number of anilines is 3. The average molecular weight is 430 g/mol. The van der Waals surface area contributed by atoms with Crippen LogP contribution in [-0.4, -0.2) is 42.4 Å². The third-order valence-electron chi connectivity index (χ3n) is 4.66. The number of ether oxygens (including phenoxy) is 1. The Morgan fingerprint density at radius 2 is 2.03 bits per heavy atom. The van der Waals surface area contributed by atoms with Crippen molar-refractivity contribution in [1.29, 1.82) is 0 Å². The summed E-state index contributed by atoms with van der Waals surface area (Å²) in [5.41, 5.74) is 0.518. The number of nitrogens with one attached hydrogen (secondary N) is 2. The van der Waals surface area contributed by atoms with Gasteiger partial charge in [0.1, 0.15) is 0 Å². The molecule has 3 rings (SSSR count). The zero-order chi connectivity index (χ0) is 22.7. The monoisotopic (exact) mass is 430 g/mol. The van der Waals surface area contributed by atoms with Gasteiger partial charge in [-0.25, -0.2) is 4.79 Å². The molecule has 2 aromatic carbocycles. The van der Waals surface area contributed by atoms with Crippen molar-refractivity contribution < 1.29 is 28.4 Å². The lowest BCUT2D eigenvalue weighted by Crippen LogP contribution is -2.30. The van der Waals surface area contributed by atoms with Crippen molar-refractivity contribution in [3.8, 4) is 0 Å². The Labute approximate surface area is 176 Å². The highest BCUT2D eigenvalue weighted by molar-refractivity contribution is 6.01. The van der Waals surface area contributed by atoms with Crippen molar-refractivity contribution in [3.63, 3.8) is 0 Å². The summed E-state index contributed by atoms with van der Waals surface area (Å²) >= 11 is 0. The Hall–Kier alpha value is -4.02. The maximum atomic E-state index is 13.4. The van der Waals surface area contributed by atoms with E-state index in [2.05, 4.69) is 10.6 Å². The SMILES string of the molecule is CC(OC(=O)c1ccc2c(c1)NC(=O)CCN2C)C(=O)Nc1ccc(F)c([N+](=O)[O-])c1. The van der Waals surface area contributed by atoms with Crippen LogP contribution < -0.4 is 15.5 Å². The standard InChI is InChI=1S/C20H19FN4O6/c1-11(19(27)22-13-4-5-14(21)17(10-13)25(29)30)31-20(28)12-3-6-16-15(9-12)23-18(26)7-8-24(16)2/h3-6,9-11H,7-8H2,1-2H3,(H,22,27)(H,23,26). The van der Waals surface area contributed by atoms with E-state index in [9.17, 15) is 28.9 Å². The number of hydrogen-bond acceptors (Lipinski definition) is 7. The zero-order valence-corrected chi connectivity index (χ0v) is 16.7. The summed E-state index contributed by atoms with van der Waals surface area (Å²) in [5.74, 6) is -2.77. The van der Waals surface area contributed by atoms with Crippen molar-refractivity contribution >= 4 is 40.5 Å². The molecule has 11 heteroatoms. The predicted molar refractivity (Wildman–Crippen MR) is 110 cm³/mol. The summed E-state index contributed by atoms with van der Waals surface area (Å²) in [6.07, 6.45) is -0.934. The molecule has 0 aliphatic carbocycles. The molecule has 0 spiro atoms. The quantitative estimate of drug-likeness (QED) is 0.424. The molecule has 0 saturated carbocycles. The molecule has 162 valence electrons. The highest BCUT2D eigenvalue weighted by Gasteiger charge is 2.23. The largest absolute Gasteiger partial charge is 0.449 e. The lowest BCUT2D eigenvalue weighted by Gasteiger charge is -2.19. The molecule has 1 atom stereocenters. The molecule has 0 bridgehead atoms. The summed E-state index contributed by atoms with van der Waals surface area (Å²) in [5, 5.41) is 15.9. The van der Waals surface area contributed by atoms with E-state index in [1.807, 2.05) is 11.9 Å². The number of amides is 2. The average Bonchev–Trinajstić information content (AvgIpc) is 2.86. The highest BCUT2D eigenvalue weighted by Crippen LogP contribution is 2.29. The maximum absolute atomic E-state index is 13.4. The molecule has 0 saturated heterocycles. The molecule has 0 radical (unpaired) electrons. The number of nitrogens with zero attached hydrogens (tertiary/aromatic N) is 2. The van der Waals surface area contributed by atoms with E-state index in [4.69, 9.17) is 4.74 Å². The second-order valence-corrected chi connectivity index (χ2v) is 6.91. The normalized spacial score (nSPS) is 14.0. The van der Waals surface area contributed by atoms with E-state index < -0.39 is 34.4 Å². The Morgan fingerprint density at radius 1 is 1.29 bits per heavy atom. The third-order valence-corrected chi connectivity index (χ3v) is 4.66. The molecule has 1 aliphatic rings. The van der Waals surface area contributed by atoms with Gasteiger partial charge >= 0.3 is 11.7 Å².